The minimum atomic E-state index is 0.552. The van der Waals surface area contributed by atoms with E-state index in [0.29, 0.717) is 6.04 Å². The van der Waals surface area contributed by atoms with Crippen LogP contribution in [-0.4, -0.2) is 31.1 Å². The molecule has 0 unspecified atom stereocenters. The molecule has 0 heterocycles. The molecule has 0 atom stereocenters. The van der Waals surface area contributed by atoms with Gasteiger partial charge in [-0.05, 0) is 47.3 Å². The van der Waals surface area contributed by atoms with E-state index < -0.39 is 0 Å². The highest BCUT2D eigenvalue weighted by Gasteiger charge is 2.03. The van der Waals surface area contributed by atoms with Crippen molar-refractivity contribution in [3.05, 3.63) is 32.4 Å². The topological polar surface area (TPSA) is 15.3 Å². The summed E-state index contributed by atoms with van der Waals surface area (Å²) in [7, 11) is 2.13. The maximum absolute atomic E-state index is 6.10. The van der Waals surface area contributed by atoms with Gasteiger partial charge in [-0.15, -0.1) is 0 Å². The number of halogens is 2. The van der Waals surface area contributed by atoms with Gasteiger partial charge >= 0.3 is 0 Å². The summed E-state index contributed by atoms with van der Waals surface area (Å²) in [6.45, 7) is 7.34. The minimum absolute atomic E-state index is 0.552. The molecule has 0 radical (unpaired) electrons. The summed E-state index contributed by atoms with van der Waals surface area (Å²) < 4.78 is 1.11. The van der Waals surface area contributed by atoms with Crippen molar-refractivity contribution in [3.8, 4) is 0 Å². The van der Waals surface area contributed by atoms with Gasteiger partial charge in [0.1, 0.15) is 0 Å². The number of benzene rings is 1. The summed E-state index contributed by atoms with van der Waals surface area (Å²) in [5.41, 5.74) is 1.27. The smallest absolute Gasteiger partial charge is 0.0542 e. The van der Waals surface area contributed by atoms with E-state index in [1.807, 2.05) is 0 Å². The lowest BCUT2D eigenvalue weighted by molar-refractivity contribution is 0.320. The van der Waals surface area contributed by atoms with E-state index in [0.717, 1.165) is 28.2 Å². The van der Waals surface area contributed by atoms with Crippen LogP contribution in [0.2, 0.25) is 5.02 Å². The molecule has 0 saturated carbocycles. The molecular formula is C13H20ClIN2. The van der Waals surface area contributed by atoms with Gasteiger partial charge in [0, 0.05) is 29.2 Å². The van der Waals surface area contributed by atoms with Crippen LogP contribution in [0.3, 0.4) is 0 Å². The van der Waals surface area contributed by atoms with E-state index in [9.17, 15) is 0 Å². The zero-order valence-corrected chi connectivity index (χ0v) is 13.5. The molecule has 1 N–H and O–H groups in total. The molecule has 17 heavy (non-hydrogen) atoms. The van der Waals surface area contributed by atoms with Crippen molar-refractivity contribution in [1.82, 2.24) is 10.2 Å². The summed E-state index contributed by atoms with van der Waals surface area (Å²) in [6, 6.07) is 6.81. The molecule has 0 bridgehead atoms. The van der Waals surface area contributed by atoms with Gasteiger partial charge in [-0.1, -0.05) is 31.5 Å². The van der Waals surface area contributed by atoms with Crippen LogP contribution in [0.1, 0.15) is 19.4 Å². The first-order valence-electron chi connectivity index (χ1n) is 5.85. The Bertz CT molecular complexity index is 355. The second-order valence-corrected chi connectivity index (χ2v) is 6.16. The van der Waals surface area contributed by atoms with Crippen LogP contribution in [-0.2, 0) is 6.54 Å². The van der Waals surface area contributed by atoms with E-state index in [1.165, 1.54) is 5.56 Å². The predicted molar refractivity (Wildman–Crippen MR) is 83.6 cm³/mol. The molecule has 1 aromatic rings. The Labute approximate surface area is 123 Å². The van der Waals surface area contributed by atoms with Crippen molar-refractivity contribution in [1.29, 1.82) is 0 Å². The van der Waals surface area contributed by atoms with Gasteiger partial charge < -0.3 is 10.2 Å². The second kappa shape index (κ2) is 7.56. The molecule has 0 aromatic heterocycles. The Balaban J connectivity index is 2.39. The van der Waals surface area contributed by atoms with Crippen LogP contribution in [0.5, 0.6) is 0 Å². The fraction of sp³-hybridized carbons (Fsp3) is 0.538. The van der Waals surface area contributed by atoms with Gasteiger partial charge in [0.05, 0.1) is 5.02 Å². The van der Waals surface area contributed by atoms with Crippen LogP contribution < -0.4 is 5.32 Å². The van der Waals surface area contributed by atoms with Crippen molar-refractivity contribution >= 4 is 34.2 Å². The van der Waals surface area contributed by atoms with Gasteiger partial charge in [-0.3, -0.25) is 0 Å². The SMILES string of the molecule is CC(C)NCCN(C)Cc1ccc(I)c(Cl)c1. The first-order valence-corrected chi connectivity index (χ1v) is 7.30. The molecular weight excluding hydrogens is 347 g/mol. The largest absolute Gasteiger partial charge is 0.313 e. The Morgan fingerprint density at radius 2 is 2.12 bits per heavy atom. The van der Waals surface area contributed by atoms with Crippen molar-refractivity contribution in [2.45, 2.75) is 26.4 Å². The lowest BCUT2D eigenvalue weighted by Gasteiger charge is -2.18. The lowest BCUT2D eigenvalue weighted by atomic mass is 10.2. The molecule has 0 fully saturated rings. The molecule has 0 aliphatic carbocycles. The zero-order valence-electron chi connectivity index (χ0n) is 10.6. The van der Waals surface area contributed by atoms with Crippen LogP contribution in [0.15, 0.2) is 18.2 Å². The molecule has 4 heteroatoms. The van der Waals surface area contributed by atoms with E-state index >= 15 is 0 Å². The van der Waals surface area contributed by atoms with Gasteiger partial charge in [-0.2, -0.15) is 0 Å². The molecule has 0 amide bonds. The van der Waals surface area contributed by atoms with E-state index in [1.54, 1.807) is 0 Å². The Morgan fingerprint density at radius 3 is 2.71 bits per heavy atom. The van der Waals surface area contributed by atoms with Crippen molar-refractivity contribution < 1.29 is 0 Å². The fourth-order valence-electron chi connectivity index (χ4n) is 1.57. The van der Waals surface area contributed by atoms with Gasteiger partial charge in [0.25, 0.3) is 0 Å². The molecule has 0 spiro atoms. The molecule has 1 rings (SSSR count). The standard InChI is InChI=1S/C13H20ClIN2/c1-10(2)16-6-7-17(3)9-11-4-5-13(15)12(14)8-11/h4-5,8,10,16H,6-7,9H2,1-3H3. The Morgan fingerprint density at radius 1 is 1.41 bits per heavy atom. The second-order valence-electron chi connectivity index (χ2n) is 4.60. The van der Waals surface area contributed by atoms with Crippen LogP contribution >= 0.6 is 34.2 Å². The van der Waals surface area contributed by atoms with Gasteiger partial charge in [-0.25, -0.2) is 0 Å². The number of nitrogens with one attached hydrogen (secondary N) is 1. The first kappa shape index (κ1) is 15.2. The van der Waals surface area contributed by atoms with E-state index in [2.05, 4.69) is 71.9 Å². The summed E-state index contributed by atoms with van der Waals surface area (Å²) >= 11 is 8.35. The van der Waals surface area contributed by atoms with E-state index in [-0.39, 0.29) is 0 Å². The van der Waals surface area contributed by atoms with Crippen LogP contribution in [0.4, 0.5) is 0 Å². The molecule has 0 saturated heterocycles. The summed E-state index contributed by atoms with van der Waals surface area (Å²) in [5, 5.41) is 4.26. The van der Waals surface area contributed by atoms with Crippen LogP contribution in [0.25, 0.3) is 0 Å². The first-order chi connectivity index (χ1) is 7.99. The minimum Gasteiger partial charge on any atom is -0.313 e. The molecule has 2 nitrogen and oxygen atoms in total. The molecule has 0 aliphatic heterocycles. The normalized spacial score (nSPS) is 11.5. The molecule has 0 aliphatic rings. The third-order valence-corrected chi connectivity index (χ3v) is 4.05. The van der Waals surface area contributed by atoms with Crippen molar-refractivity contribution in [3.63, 3.8) is 0 Å². The van der Waals surface area contributed by atoms with Crippen molar-refractivity contribution in [2.75, 3.05) is 20.1 Å². The third kappa shape index (κ3) is 6.04. The lowest BCUT2D eigenvalue weighted by Crippen LogP contribution is -2.32. The maximum atomic E-state index is 6.10. The maximum Gasteiger partial charge on any atom is 0.0542 e. The molecule has 1 aromatic carbocycles. The molecule has 96 valence electrons. The number of hydrogen-bond donors (Lipinski definition) is 1. The van der Waals surface area contributed by atoms with Gasteiger partial charge in [0.15, 0.2) is 0 Å². The Kier molecular flexibility index (Phi) is 6.77. The highest BCUT2D eigenvalue weighted by Crippen LogP contribution is 2.20. The third-order valence-electron chi connectivity index (χ3n) is 2.48. The zero-order chi connectivity index (χ0) is 12.8. The fourth-order valence-corrected chi connectivity index (χ4v) is 2.11. The predicted octanol–water partition coefficient (Wildman–Crippen LogP) is 3.37. The van der Waals surface area contributed by atoms with Gasteiger partial charge in [0.2, 0.25) is 0 Å². The monoisotopic (exact) mass is 366 g/mol. The number of rotatable bonds is 6. The number of likely N-dealkylation sites (N-methyl/N-ethyl adjacent to an activating group) is 1. The average Bonchev–Trinajstić information content (AvgIpc) is 2.23. The average molecular weight is 367 g/mol. The summed E-state index contributed by atoms with van der Waals surface area (Å²) in [5.74, 6) is 0. The quantitative estimate of drug-likeness (QED) is 0.777. The highest BCUT2D eigenvalue weighted by molar-refractivity contribution is 14.1. The number of hydrogen-bond acceptors (Lipinski definition) is 2. The van der Waals surface area contributed by atoms with E-state index in [4.69, 9.17) is 11.6 Å². The highest BCUT2D eigenvalue weighted by atomic mass is 127. The van der Waals surface area contributed by atoms with Crippen LogP contribution in [0, 0.1) is 3.57 Å². The summed E-state index contributed by atoms with van der Waals surface area (Å²) in [4.78, 5) is 2.30. The van der Waals surface area contributed by atoms with Crippen molar-refractivity contribution in [2.24, 2.45) is 0 Å². The number of nitrogens with zero attached hydrogens (tertiary/aromatic N) is 1. The Hall–Kier alpha value is 0.160. The summed E-state index contributed by atoms with van der Waals surface area (Å²) in [6.07, 6.45) is 0.